The summed E-state index contributed by atoms with van der Waals surface area (Å²) in [6.07, 6.45) is -4.43. The number of rotatable bonds is 13. The molecule has 0 bridgehead atoms. The molecule has 93 heavy (non-hydrogen) atoms. The lowest BCUT2D eigenvalue weighted by molar-refractivity contribution is -0.157. The van der Waals surface area contributed by atoms with E-state index in [1.807, 2.05) is 53.7 Å². The molecule has 2 aromatic carbocycles. The second kappa shape index (κ2) is 33.7. The number of likely N-dealkylation sites (N-methyl/N-ethyl adjacent to an activating group) is 6. The van der Waals surface area contributed by atoms with E-state index in [1.54, 1.807) is 39.8 Å². The highest BCUT2D eigenvalue weighted by Crippen LogP contribution is 2.35. The highest BCUT2D eigenvalue weighted by molar-refractivity contribution is 6.31. The fraction of sp³-hybridized carbons (Fsp3) is 0.657. The number of nitrogens with one attached hydrogen (secondary N) is 4. The van der Waals surface area contributed by atoms with Gasteiger partial charge in [0, 0.05) is 67.7 Å². The monoisotopic (exact) mass is 1330 g/mol. The van der Waals surface area contributed by atoms with E-state index < -0.39 is 155 Å². The lowest BCUT2D eigenvalue weighted by Gasteiger charge is -2.43. The fourth-order valence-corrected chi connectivity index (χ4v) is 11.5. The summed E-state index contributed by atoms with van der Waals surface area (Å²) in [7, 11) is 8.47. The maximum atomic E-state index is 14.8. The van der Waals surface area contributed by atoms with Crippen molar-refractivity contribution in [2.45, 2.75) is 201 Å². The van der Waals surface area contributed by atoms with Crippen LogP contribution in [0.25, 0.3) is 0 Å². The van der Waals surface area contributed by atoms with Gasteiger partial charge in [-0.1, -0.05) is 109 Å². The topological polar surface area (TPSA) is 259 Å². The maximum absolute atomic E-state index is 14.8. The lowest BCUT2D eigenvalue weighted by Crippen LogP contribution is -2.63. The summed E-state index contributed by atoms with van der Waals surface area (Å²) in [5.41, 5.74) is -0.955. The standard InChI is InChI=1S/C67H101ClF3N11O11/c1-19-42(9)57-64(92)77(14)37-56(85)82-29-28-51(82)63(91)80(17)53(35-45-22-20-41(8)21-23-45)62(90)76(13)36-54(83)72-48(27-25-44-24-26-46(47(68)34-44)67(69,70)71)58(86)73-50(31-39(4)5)61(89)81(18)66(11,12)65(93)74-49(30-38(2)3)60(88)78(15)43(10)33-55(84)79(16)52(32-40(6)7)59(87)75-57/h20-24,26,34,38-40,42-43,48-53,57H,19,25,27-33,35-37H2,1-18H3,(H,72,83)(H,73,86)(H,74,93)(H,75,87)/t42-,43+,48-,49-,50-,51?,52-,53-,57-/m0/s1. The Morgan fingerprint density at radius 3 is 1.70 bits per heavy atom. The SMILES string of the molecule is CC[C@H](C)[C@@H]1NC(=O)[C@H](CC(C)C)N(C)C(=O)C[C@@H](C)N(C)C(=O)[C@H](CC(C)C)NC(=O)C(C)(C)N(C)C(=O)[C@H](CC(C)C)NC(=O)[C@H](CCc2ccc(C(F)(F)F)c(Cl)c2)NC(=O)CN(C)C(=O)[C@H](Cc2ccc(C)cc2)N(C)C(=O)C2CCN2C(=O)CN(C)C1=O. The number of carbonyl (C=O) groups is 11. The zero-order valence-electron chi connectivity index (χ0n) is 57.6. The van der Waals surface area contributed by atoms with Gasteiger partial charge in [-0.05, 0) is 113 Å². The molecular formula is C67H101ClF3N11O11. The van der Waals surface area contributed by atoms with E-state index in [2.05, 4.69) is 21.3 Å². The number of nitrogens with zero attached hydrogens (tertiary/aromatic N) is 7. The molecule has 9 atom stereocenters. The highest BCUT2D eigenvalue weighted by atomic mass is 35.5. The summed E-state index contributed by atoms with van der Waals surface area (Å²) in [5, 5.41) is 10.6. The van der Waals surface area contributed by atoms with Gasteiger partial charge in [0.2, 0.25) is 65.0 Å². The molecule has 0 aromatic heterocycles. The third kappa shape index (κ3) is 21.1. The smallest absolute Gasteiger partial charge is 0.343 e. The van der Waals surface area contributed by atoms with Gasteiger partial charge < -0.3 is 55.6 Å². The summed E-state index contributed by atoms with van der Waals surface area (Å²) in [5.74, 6) is -8.35. The van der Waals surface area contributed by atoms with Crippen molar-refractivity contribution in [1.29, 1.82) is 0 Å². The zero-order chi connectivity index (χ0) is 70.5. The Balaban J connectivity index is 1.85. The van der Waals surface area contributed by atoms with Crippen molar-refractivity contribution in [3.8, 4) is 0 Å². The molecule has 1 unspecified atom stereocenters. The molecule has 2 aliphatic rings. The Morgan fingerprint density at radius 1 is 0.613 bits per heavy atom. The quantitative estimate of drug-likeness (QED) is 0.191. The first-order chi connectivity index (χ1) is 43.1. The van der Waals surface area contributed by atoms with Crippen LogP contribution in [0, 0.1) is 30.6 Å². The van der Waals surface area contributed by atoms with Crippen LogP contribution in [0.4, 0.5) is 13.2 Å². The number of amides is 11. The molecule has 2 aromatic rings. The second-order valence-corrected chi connectivity index (χ2v) is 27.6. The molecule has 4 rings (SSSR count). The van der Waals surface area contributed by atoms with E-state index in [9.17, 15) is 65.9 Å². The van der Waals surface area contributed by atoms with Crippen LogP contribution < -0.4 is 21.3 Å². The predicted octanol–water partition coefficient (Wildman–Crippen LogP) is 5.63. The van der Waals surface area contributed by atoms with Crippen LogP contribution in [-0.4, -0.2) is 215 Å². The number of halogens is 4. The van der Waals surface area contributed by atoms with Gasteiger partial charge in [-0.2, -0.15) is 13.2 Å². The largest absolute Gasteiger partial charge is 0.417 e. The molecular weight excluding hydrogens is 1230 g/mol. The van der Waals surface area contributed by atoms with Crippen molar-refractivity contribution in [3.05, 3.63) is 69.7 Å². The van der Waals surface area contributed by atoms with Gasteiger partial charge in [0.15, 0.2) is 0 Å². The van der Waals surface area contributed by atoms with Crippen LogP contribution in [0.15, 0.2) is 42.5 Å². The molecule has 2 fully saturated rings. The van der Waals surface area contributed by atoms with E-state index in [-0.39, 0.29) is 81.2 Å². The molecule has 2 saturated heterocycles. The molecule has 26 heteroatoms. The first-order valence-corrected chi connectivity index (χ1v) is 32.5. The van der Waals surface area contributed by atoms with Gasteiger partial charge in [0.1, 0.15) is 47.8 Å². The van der Waals surface area contributed by atoms with E-state index >= 15 is 0 Å². The molecule has 518 valence electrons. The zero-order valence-corrected chi connectivity index (χ0v) is 58.3. The number of alkyl halides is 3. The van der Waals surface area contributed by atoms with Crippen LogP contribution in [0.3, 0.4) is 0 Å². The normalized spacial score (nSPS) is 24.7. The average Bonchev–Trinajstić information content (AvgIpc) is 1.03. The van der Waals surface area contributed by atoms with Crippen LogP contribution in [0.1, 0.15) is 143 Å². The summed E-state index contributed by atoms with van der Waals surface area (Å²) in [4.78, 5) is 169. The van der Waals surface area contributed by atoms with Gasteiger partial charge in [-0.15, -0.1) is 0 Å². The third-order valence-corrected chi connectivity index (χ3v) is 18.3. The van der Waals surface area contributed by atoms with Crippen molar-refractivity contribution in [1.82, 2.24) is 55.6 Å². The highest BCUT2D eigenvalue weighted by Gasteiger charge is 2.45. The minimum atomic E-state index is -4.77. The molecule has 0 radical (unpaired) electrons. The Hall–Kier alpha value is -7.31. The Morgan fingerprint density at radius 2 is 1.17 bits per heavy atom. The number of aryl methyl sites for hydroxylation is 2. The molecule has 2 aliphatic heterocycles. The summed E-state index contributed by atoms with van der Waals surface area (Å²) >= 11 is 6.10. The van der Waals surface area contributed by atoms with Crippen LogP contribution in [0.5, 0.6) is 0 Å². The van der Waals surface area contributed by atoms with E-state index in [0.29, 0.717) is 12.0 Å². The minimum absolute atomic E-state index is 0.0175. The fourth-order valence-electron chi connectivity index (χ4n) is 11.2. The number of carbonyl (C=O) groups excluding carboxylic acids is 11. The average molecular weight is 1330 g/mol. The maximum Gasteiger partial charge on any atom is 0.417 e. The van der Waals surface area contributed by atoms with Crippen molar-refractivity contribution >= 4 is 76.6 Å². The number of hydrogen-bond donors (Lipinski definition) is 4. The van der Waals surface area contributed by atoms with Crippen molar-refractivity contribution in [2.24, 2.45) is 23.7 Å². The number of fused-ring (bicyclic) bond motifs is 1. The van der Waals surface area contributed by atoms with E-state index in [4.69, 9.17) is 11.6 Å². The molecule has 22 nitrogen and oxygen atoms in total. The van der Waals surface area contributed by atoms with Gasteiger partial charge in [-0.3, -0.25) is 52.7 Å². The summed E-state index contributed by atoms with van der Waals surface area (Å²) in [6.45, 7) is 20.1. The van der Waals surface area contributed by atoms with Gasteiger partial charge in [0.05, 0.1) is 23.7 Å². The van der Waals surface area contributed by atoms with Gasteiger partial charge in [-0.25, -0.2) is 0 Å². The van der Waals surface area contributed by atoms with Crippen molar-refractivity contribution < 1.29 is 65.9 Å². The molecule has 2 heterocycles. The van der Waals surface area contributed by atoms with Crippen molar-refractivity contribution in [2.75, 3.05) is 61.9 Å². The van der Waals surface area contributed by atoms with Gasteiger partial charge in [0.25, 0.3) is 0 Å². The van der Waals surface area contributed by atoms with E-state index in [0.717, 1.165) is 27.5 Å². The molecule has 11 amide bonds. The number of benzene rings is 2. The Labute approximate surface area is 552 Å². The summed E-state index contributed by atoms with van der Waals surface area (Å²) < 4.78 is 41.3. The molecule has 4 N–H and O–H groups in total. The molecule has 0 aliphatic carbocycles. The third-order valence-electron chi connectivity index (χ3n) is 18.0. The second-order valence-electron chi connectivity index (χ2n) is 27.2. The van der Waals surface area contributed by atoms with Gasteiger partial charge >= 0.3 is 6.18 Å². The Kier molecular flexibility index (Phi) is 28.3. The summed E-state index contributed by atoms with van der Waals surface area (Å²) in [6, 6.07) is 0.964. The van der Waals surface area contributed by atoms with Crippen LogP contribution in [0.2, 0.25) is 5.02 Å². The molecule has 0 saturated carbocycles. The number of hydrogen-bond acceptors (Lipinski definition) is 11. The Bertz CT molecular complexity index is 3020. The van der Waals surface area contributed by atoms with Crippen LogP contribution >= 0.6 is 11.6 Å². The minimum Gasteiger partial charge on any atom is -0.343 e. The van der Waals surface area contributed by atoms with E-state index in [1.165, 1.54) is 86.7 Å². The first-order valence-electron chi connectivity index (χ1n) is 32.1. The molecule has 0 spiro atoms. The first kappa shape index (κ1) is 78.1. The predicted molar refractivity (Wildman–Crippen MR) is 347 cm³/mol. The van der Waals surface area contributed by atoms with Crippen LogP contribution in [-0.2, 0) is 71.8 Å². The lowest BCUT2D eigenvalue weighted by atomic mass is 9.95. The van der Waals surface area contributed by atoms with Crippen molar-refractivity contribution in [3.63, 3.8) is 0 Å².